The number of ether oxygens (including phenoxy) is 1. The van der Waals surface area contributed by atoms with E-state index in [1.54, 1.807) is 41.7 Å². The zero-order valence-corrected chi connectivity index (χ0v) is 32.0. The zero-order chi connectivity index (χ0) is 47.5. The van der Waals surface area contributed by atoms with E-state index in [0.29, 0.717) is 36.1 Å². The van der Waals surface area contributed by atoms with Crippen LogP contribution in [0.1, 0.15) is 98.9 Å². The SMILES string of the molecule is [2H]c1c([2H])c([2H])c(C([2H])([2H])[C@]([2H])(CC(=O)[C@H](CCCCNC)NC(=O)[C@@H](CC(=O)[C@@H](CCCN=C(N)N)NC(=O)OC(C)(C)C)Cc2c(C)cc(O)cc2C)C(N)=O)c([2H])c1[2H]. The number of phenolic OH excluding ortho intramolecular Hbond substituents is 1. The summed E-state index contributed by atoms with van der Waals surface area (Å²) in [5.41, 5.74) is 16.3. The van der Waals surface area contributed by atoms with E-state index in [0.717, 1.165) is 0 Å². The molecule has 0 aliphatic rings. The molecule has 0 saturated heterocycles. The Morgan fingerprint density at radius 1 is 0.926 bits per heavy atom. The van der Waals surface area contributed by atoms with E-state index in [-0.39, 0.29) is 43.9 Å². The van der Waals surface area contributed by atoms with Crippen molar-refractivity contribution in [3.8, 4) is 5.75 Å². The van der Waals surface area contributed by atoms with Gasteiger partial charge in [-0.15, -0.1) is 0 Å². The first kappa shape index (κ1) is 33.6. The highest BCUT2D eigenvalue weighted by molar-refractivity contribution is 5.95. The van der Waals surface area contributed by atoms with E-state index in [1.165, 1.54) is 12.1 Å². The van der Waals surface area contributed by atoms with Crippen molar-refractivity contribution >= 4 is 35.4 Å². The van der Waals surface area contributed by atoms with Crippen molar-refractivity contribution in [1.29, 1.82) is 0 Å². The third-order valence-corrected chi connectivity index (χ3v) is 8.27. The number of amides is 3. The average Bonchev–Trinajstić information content (AvgIpc) is 3.15. The first-order valence-corrected chi connectivity index (χ1v) is 17.8. The molecule has 0 radical (unpaired) electrons. The van der Waals surface area contributed by atoms with Gasteiger partial charge in [0.25, 0.3) is 0 Å². The number of rotatable bonds is 23. The lowest BCUT2D eigenvalue weighted by atomic mass is 9.86. The number of phenols is 1. The number of hydrogen-bond acceptors (Lipinski definition) is 9. The van der Waals surface area contributed by atoms with Crippen LogP contribution in [0.2, 0.25) is 0 Å². The standard InChI is InChI=1S/C40H61N7O7/c1-25-19-30(48)20-26(2)31(25)22-29(24-35(50)33(16-12-18-45-38(42)43)47-39(53)54-40(3,4)5)37(52)46-32(15-10-11-17-44-6)34(49)23-28(36(41)51)21-27-13-8-7-9-14-27/h7-9,13-14,19-20,28-29,32-33,44,48H,10-12,15-18,21-24H2,1-6H3,(H2,41,51)(H,46,52)(H,47,53)(H4,42,43,45)/t28-,29-,32+,33-/m1/s1/i7D,8D,9D,13D,14D,21D2,28D. The minimum atomic E-state index is -3.43. The number of nitrogens with two attached hydrogens (primary N) is 3. The highest BCUT2D eigenvalue weighted by atomic mass is 16.6. The number of carbonyl (C=O) groups excluding carboxylic acids is 5. The van der Waals surface area contributed by atoms with Gasteiger partial charge in [0, 0.05) is 35.3 Å². The number of guanidine groups is 1. The fourth-order valence-electron chi connectivity index (χ4n) is 5.66. The number of aliphatic imine (C=N–C) groups is 1. The van der Waals surface area contributed by atoms with Crippen LogP contribution in [-0.2, 0) is 36.7 Å². The third kappa shape index (κ3) is 16.8. The Morgan fingerprint density at radius 2 is 1.52 bits per heavy atom. The molecule has 3 amide bonds. The highest BCUT2D eigenvalue weighted by Gasteiger charge is 2.33. The van der Waals surface area contributed by atoms with Gasteiger partial charge >= 0.3 is 6.09 Å². The fourth-order valence-corrected chi connectivity index (χ4v) is 5.66. The second-order valence-corrected chi connectivity index (χ2v) is 14.0. The molecule has 4 atom stereocenters. The number of alkyl carbamates (subject to hydrolysis) is 1. The summed E-state index contributed by atoms with van der Waals surface area (Å²) in [7, 11) is 1.70. The van der Waals surface area contributed by atoms with Gasteiger partial charge in [-0.2, -0.15) is 0 Å². The predicted molar refractivity (Wildman–Crippen MR) is 210 cm³/mol. The number of carbonyl (C=O) groups is 5. The Balaban J connectivity index is 2.67. The van der Waals surface area contributed by atoms with Crippen LogP contribution in [0.15, 0.2) is 47.3 Å². The van der Waals surface area contributed by atoms with Crippen LogP contribution in [0.4, 0.5) is 4.79 Å². The van der Waals surface area contributed by atoms with Gasteiger partial charge in [-0.3, -0.25) is 24.2 Å². The first-order valence-electron chi connectivity index (χ1n) is 21.8. The van der Waals surface area contributed by atoms with Crippen LogP contribution in [0, 0.1) is 25.7 Å². The fraction of sp³-hybridized carbons (Fsp3) is 0.550. The molecule has 298 valence electrons. The number of unbranched alkanes of at least 4 members (excludes halogenated alkanes) is 1. The van der Waals surface area contributed by atoms with Gasteiger partial charge < -0.3 is 43.0 Å². The summed E-state index contributed by atoms with van der Waals surface area (Å²) in [4.78, 5) is 72.8. The molecule has 10 N–H and O–H groups in total. The van der Waals surface area contributed by atoms with Crippen molar-refractivity contribution in [2.75, 3.05) is 20.1 Å². The van der Waals surface area contributed by atoms with Crippen LogP contribution < -0.4 is 33.2 Å². The summed E-state index contributed by atoms with van der Waals surface area (Å²) in [5, 5.41) is 18.4. The number of nitrogens with one attached hydrogen (secondary N) is 3. The van der Waals surface area contributed by atoms with Crippen LogP contribution in [0.5, 0.6) is 5.75 Å². The smallest absolute Gasteiger partial charge is 0.408 e. The van der Waals surface area contributed by atoms with Gasteiger partial charge in [0.1, 0.15) is 11.4 Å². The topological polar surface area (TPSA) is 241 Å². The van der Waals surface area contributed by atoms with E-state index >= 15 is 0 Å². The number of benzene rings is 2. The quantitative estimate of drug-likeness (QED) is 0.0496. The minimum absolute atomic E-state index is 0.0349. The first-order chi connectivity index (χ1) is 28.6. The largest absolute Gasteiger partial charge is 0.508 e. The number of aryl methyl sites for hydroxylation is 2. The maximum atomic E-state index is 14.5. The molecule has 0 fully saturated rings. The molecule has 0 bridgehead atoms. The van der Waals surface area contributed by atoms with Gasteiger partial charge in [-0.05, 0) is 127 Å². The molecular weight excluding hydrogens is 690 g/mol. The van der Waals surface area contributed by atoms with Crippen molar-refractivity contribution in [1.82, 2.24) is 16.0 Å². The Hall–Kier alpha value is -4.98. The Kier molecular flexibility index (Phi) is 13.9. The normalized spacial score (nSPS) is 16.5. The average molecular weight is 760 g/mol. The van der Waals surface area contributed by atoms with Crippen LogP contribution in [0.3, 0.4) is 0 Å². The number of aromatic hydroxyl groups is 1. The molecule has 14 heteroatoms. The number of nitrogens with zero attached hydrogens (tertiary/aromatic N) is 1. The zero-order valence-electron chi connectivity index (χ0n) is 40.0. The lowest BCUT2D eigenvalue weighted by Gasteiger charge is -2.26. The third-order valence-electron chi connectivity index (χ3n) is 8.27. The Morgan fingerprint density at radius 3 is 2.09 bits per heavy atom. The number of hydrogen-bond donors (Lipinski definition) is 7. The molecule has 54 heavy (non-hydrogen) atoms. The summed E-state index contributed by atoms with van der Waals surface area (Å²) in [6.07, 6.45) is -5.19. The van der Waals surface area contributed by atoms with Crippen LogP contribution in [0.25, 0.3) is 0 Å². The van der Waals surface area contributed by atoms with Crippen LogP contribution in [-0.4, -0.2) is 78.4 Å². The summed E-state index contributed by atoms with van der Waals surface area (Å²) >= 11 is 0. The summed E-state index contributed by atoms with van der Waals surface area (Å²) in [6.45, 7) is 8.93. The maximum Gasteiger partial charge on any atom is 0.408 e. The molecule has 2 aromatic carbocycles. The minimum Gasteiger partial charge on any atom is -0.508 e. The van der Waals surface area contributed by atoms with Crippen molar-refractivity contribution in [2.45, 2.75) is 110 Å². The Labute approximate surface area is 330 Å². The molecule has 0 heterocycles. The molecule has 0 unspecified atom stereocenters. The number of primary amides is 1. The van der Waals surface area contributed by atoms with Gasteiger partial charge in [0.05, 0.1) is 18.9 Å². The molecule has 0 aliphatic heterocycles. The molecule has 0 saturated carbocycles. The van der Waals surface area contributed by atoms with E-state index in [4.69, 9.17) is 32.9 Å². The molecule has 2 aromatic rings. The maximum absolute atomic E-state index is 14.5. The monoisotopic (exact) mass is 760 g/mol. The highest BCUT2D eigenvalue weighted by Crippen LogP contribution is 2.26. The molecule has 0 aromatic heterocycles. The van der Waals surface area contributed by atoms with E-state index in [2.05, 4.69) is 20.9 Å². The number of Topliss-reactive ketones (excluding diaryl/α,β-unsaturated/α-hetero) is 2. The van der Waals surface area contributed by atoms with Gasteiger partial charge in [0.2, 0.25) is 11.8 Å². The van der Waals surface area contributed by atoms with Gasteiger partial charge in [-0.1, -0.05) is 30.2 Å². The molecule has 2 rings (SSSR count). The van der Waals surface area contributed by atoms with Gasteiger partial charge in [-0.25, -0.2) is 4.79 Å². The van der Waals surface area contributed by atoms with E-state index in [9.17, 15) is 29.1 Å². The predicted octanol–water partition coefficient (Wildman–Crippen LogP) is 3.25. The summed E-state index contributed by atoms with van der Waals surface area (Å²) in [5.74, 6) is -8.80. The van der Waals surface area contributed by atoms with Crippen molar-refractivity contribution < 1.29 is 44.8 Å². The van der Waals surface area contributed by atoms with Gasteiger partial charge in [0.15, 0.2) is 17.5 Å². The molecule has 0 aliphatic carbocycles. The molecule has 14 nitrogen and oxygen atoms in total. The second kappa shape index (κ2) is 22.3. The number of ketones is 2. The van der Waals surface area contributed by atoms with E-state index < -0.39 is 114 Å². The summed E-state index contributed by atoms with van der Waals surface area (Å²) in [6, 6.07) is -4.51. The van der Waals surface area contributed by atoms with Crippen molar-refractivity contribution in [3.05, 3.63) is 64.6 Å². The lowest BCUT2D eigenvalue weighted by Crippen LogP contribution is -2.48. The lowest BCUT2D eigenvalue weighted by molar-refractivity contribution is -0.134. The van der Waals surface area contributed by atoms with Crippen molar-refractivity contribution in [3.63, 3.8) is 0 Å². The molecule has 0 spiro atoms. The summed E-state index contributed by atoms with van der Waals surface area (Å²) < 4.78 is 72.8. The Bertz CT molecular complexity index is 1960. The van der Waals surface area contributed by atoms with E-state index in [1.807, 2.05) is 0 Å². The second-order valence-electron chi connectivity index (χ2n) is 14.0. The molecular formula is C40H61N7O7. The van der Waals surface area contributed by atoms with Crippen LogP contribution >= 0.6 is 0 Å². The van der Waals surface area contributed by atoms with Crippen molar-refractivity contribution in [2.24, 2.45) is 34.0 Å².